The first-order valence-corrected chi connectivity index (χ1v) is 7.32. The molecule has 23 heavy (non-hydrogen) atoms. The van der Waals surface area contributed by atoms with Gasteiger partial charge in [0.15, 0.2) is 0 Å². The van der Waals surface area contributed by atoms with E-state index in [-0.39, 0.29) is 5.91 Å². The molecule has 0 saturated carbocycles. The summed E-state index contributed by atoms with van der Waals surface area (Å²) in [5, 5.41) is 2.88. The molecule has 2 heterocycles. The molecule has 116 valence electrons. The highest BCUT2D eigenvalue weighted by molar-refractivity contribution is 5.92. The lowest BCUT2D eigenvalue weighted by molar-refractivity contribution is 0.0945. The minimum Gasteiger partial charge on any atom is -0.347 e. The summed E-state index contributed by atoms with van der Waals surface area (Å²) in [5.74, 6) is 0.385. The van der Waals surface area contributed by atoms with E-state index < -0.39 is 0 Å². The Hall–Kier alpha value is -3.02. The summed E-state index contributed by atoms with van der Waals surface area (Å²) in [6, 6.07) is 9.72. The molecule has 0 fully saturated rings. The SMILES string of the molecule is Cc1nccc(C(=O)NCc2cccc(Cn3ccnc3)c2)n1. The van der Waals surface area contributed by atoms with Crippen LogP contribution in [-0.2, 0) is 13.1 Å². The van der Waals surface area contributed by atoms with Crippen molar-refractivity contribution in [2.24, 2.45) is 0 Å². The first kappa shape index (κ1) is 14.9. The van der Waals surface area contributed by atoms with Crippen LogP contribution in [0, 0.1) is 6.92 Å². The molecule has 1 aromatic carbocycles. The number of nitrogens with one attached hydrogen (secondary N) is 1. The van der Waals surface area contributed by atoms with Crippen LogP contribution in [-0.4, -0.2) is 25.4 Å². The molecule has 3 rings (SSSR count). The summed E-state index contributed by atoms with van der Waals surface area (Å²) in [6.07, 6.45) is 7.05. The monoisotopic (exact) mass is 307 g/mol. The van der Waals surface area contributed by atoms with Crippen LogP contribution in [0.1, 0.15) is 27.4 Å². The van der Waals surface area contributed by atoms with Gasteiger partial charge in [-0.1, -0.05) is 24.3 Å². The van der Waals surface area contributed by atoms with E-state index in [9.17, 15) is 4.79 Å². The second-order valence-corrected chi connectivity index (χ2v) is 5.23. The lowest BCUT2D eigenvalue weighted by Gasteiger charge is -2.08. The molecule has 0 atom stereocenters. The van der Waals surface area contributed by atoms with E-state index in [2.05, 4.69) is 32.4 Å². The van der Waals surface area contributed by atoms with Crippen molar-refractivity contribution < 1.29 is 4.79 Å². The van der Waals surface area contributed by atoms with E-state index >= 15 is 0 Å². The molecule has 0 saturated heterocycles. The van der Waals surface area contributed by atoms with E-state index in [4.69, 9.17) is 0 Å². The van der Waals surface area contributed by atoms with Gasteiger partial charge >= 0.3 is 0 Å². The highest BCUT2D eigenvalue weighted by Crippen LogP contribution is 2.07. The fourth-order valence-electron chi connectivity index (χ4n) is 2.28. The average molecular weight is 307 g/mol. The van der Waals surface area contributed by atoms with Crippen molar-refractivity contribution in [3.05, 3.63) is 77.9 Å². The summed E-state index contributed by atoms with van der Waals surface area (Å²) in [6.45, 7) is 2.98. The molecule has 0 unspecified atom stereocenters. The van der Waals surface area contributed by atoms with E-state index in [0.29, 0.717) is 18.1 Å². The molecule has 0 bridgehead atoms. The summed E-state index contributed by atoms with van der Waals surface area (Å²) in [5.41, 5.74) is 2.58. The minimum absolute atomic E-state index is 0.199. The highest BCUT2D eigenvalue weighted by atomic mass is 16.1. The number of nitrogens with zero attached hydrogens (tertiary/aromatic N) is 4. The Kier molecular flexibility index (Phi) is 4.42. The Morgan fingerprint density at radius 2 is 2.09 bits per heavy atom. The van der Waals surface area contributed by atoms with Crippen LogP contribution in [0.5, 0.6) is 0 Å². The summed E-state index contributed by atoms with van der Waals surface area (Å²) in [4.78, 5) is 24.2. The highest BCUT2D eigenvalue weighted by Gasteiger charge is 2.07. The Bertz CT molecular complexity index is 798. The molecule has 6 nitrogen and oxygen atoms in total. The van der Waals surface area contributed by atoms with Crippen LogP contribution in [0.2, 0.25) is 0 Å². The van der Waals surface area contributed by atoms with Gasteiger partial charge < -0.3 is 9.88 Å². The van der Waals surface area contributed by atoms with Crippen molar-refractivity contribution in [2.45, 2.75) is 20.0 Å². The summed E-state index contributed by atoms with van der Waals surface area (Å²) in [7, 11) is 0. The number of benzene rings is 1. The second kappa shape index (κ2) is 6.83. The zero-order valence-corrected chi connectivity index (χ0v) is 12.8. The molecule has 0 radical (unpaired) electrons. The fraction of sp³-hybridized carbons (Fsp3) is 0.176. The van der Waals surface area contributed by atoms with Crippen LogP contribution >= 0.6 is 0 Å². The first-order chi connectivity index (χ1) is 11.2. The second-order valence-electron chi connectivity index (χ2n) is 5.23. The zero-order chi connectivity index (χ0) is 16.1. The van der Waals surface area contributed by atoms with Gasteiger partial charge in [0.05, 0.1) is 6.33 Å². The van der Waals surface area contributed by atoms with Gasteiger partial charge in [-0.3, -0.25) is 4.79 Å². The van der Waals surface area contributed by atoms with Crippen LogP contribution in [0.4, 0.5) is 0 Å². The van der Waals surface area contributed by atoms with Crippen molar-refractivity contribution in [2.75, 3.05) is 0 Å². The lowest BCUT2D eigenvalue weighted by Crippen LogP contribution is -2.24. The molecule has 2 aromatic heterocycles. The number of carbonyl (C=O) groups excluding carboxylic acids is 1. The molecule has 0 spiro atoms. The number of aryl methyl sites for hydroxylation is 1. The van der Waals surface area contributed by atoms with Gasteiger partial charge in [-0.15, -0.1) is 0 Å². The van der Waals surface area contributed by atoms with Gasteiger partial charge in [0.25, 0.3) is 5.91 Å². The Balaban J connectivity index is 1.63. The van der Waals surface area contributed by atoms with Gasteiger partial charge in [0, 0.05) is 31.7 Å². The van der Waals surface area contributed by atoms with Gasteiger partial charge in [0.2, 0.25) is 0 Å². The predicted molar refractivity (Wildman–Crippen MR) is 85.7 cm³/mol. The van der Waals surface area contributed by atoms with Crippen LogP contribution < -0.4 is 5.32 Å². The molecule has 6 heteroatoms. The first-order valence-electron chi connectivity index (χ1n) is 7.32. The number of aromatic nitrogens is 4. The number of rotatable bonds is 5. The quantitative estimate of drug-likeness (QED) is 0.782. The van der Waals surface area contributed by atoms with Crippen LogP contribution in [0.3, 0.4) is 0 Å². The minimum atomic E-state index is -0.199. The standard InChI is InChI=1S/C17H17N5O/c1-13-19-6-5-16(21-13)17(23)20-10-14-3-2-4-15(9-14)11-22-8-7-18-12-22/h2-9,12H,10-11H2,1H3,(H,20,23). The predicted octanol–water partition coefficient (Wildman–Crippen LogP) is 1.96. The Morgan fingerprint density at radius 3 is 2.87 bits per heavy atom. The molecule has 1 N–H and O–H groups in total. The zero-order valence-electron chi connectivity index (χ0n) is 12.8. The molecular weight excluding hydrogens is 290 g/mol. The number of carbonyl (C=O) groups is 1. The Morgan fingerprint density at radius 1 is 1.22 bits per heavy atom. The maximum Gasteiger partial charge on any atom is 0.270 e. The number of hydrogen-bond donors (Lipinski definition) is 1. The average Bonchev–Trinajstić information content (AvgIpc) is 3.06. The van der Waals surface area contributed by atoms with Crippen LogP contribution in [0.25, 0.3) is 0 Å². The molecule has 0 aliphatic rings. The molecule has 0 aliphatic heterocycles. The number of hydrogen-bond acceptors (Lipinski definition) is 4. The maximum absolute atomic E-state index is 12.1. The molecular formula is C17H17N5O. The number of amides is 1. The van der Waals surface area contributed by atoms with Gasteiger partial charge in [-0.05, 0) is 24.1 Å². The third-order valence-electron chi connectivity index (χ3n) is 3.38. The van der Waals surface area contributed by atoms with Gasteiger partial charge in [-0.25, -0.2) is 15.0 Å². The molecule has 0 aliphatic carbocycles. The Labute approximate surface area is 134 Å². The summed E-state index contributed by atoms with van der Waals surface area (Å²) < 4.78 is 2.00. The normalized spacial score (nSPS) is 10.5. The van der Waals surface area contributed by atoms with E-state index in [1.807, 2.05) is 22.9 Å². The van der Waals surface area contributed by atoms with E-state index in [1.165, 1.54) is 0 Å². The van der Waals surface area contributed by atoms with Crippen molar-refractivity contribution in [3.63, 3.8) is 0 Å². The number of imidazole rings is 1. The maximum atomic E-state index is 12.1. The summed E-state index contributed by atoms with van der Waals surface area (Å²) >= 11 is 0. The largest absolute Gasteiger partial charge is 0.347 e. The van der Waals surface area contributed by atoms with Crippen LogP contribution in [0.15, 0.2) is 55.2 Å². The lowest BCUT2D eigenvalue weighted by atomic mass is 10.1. The topological polar surface area (TPSA) is 72.7 Å². The van der Waals surface area contributed by atoms with Gasteiger partial charge in [0.1, 0.15) is 11.5 Å². The van der Waals surface area contributed by atoms with Crippen molar-refractivity contribution in [1.29, 1.82) is 0 Å². The van der Waals surface area contributed by atoms with E-state index in [1.54, 1.807) is 31.7 Å². The third kappa shape index (κ3) is 4.00. The third-order valence-corrected chi connectivity index (χ3v) is 3.38. The van der Waals surface area contributed by atoms with Crippen molar-refractivity contribution >= 4 is 5.91 Å². The van der Waals surface area contributed by atoms with Crippen molar-refractivity contribution in [3.8, 4) is 0 Å². The van der Waals surface area contributed by atoms with Crippen molar-refractivity contribution in [1.82, 2.24) is 24.8 Å². The van der Waals surface area contributed by atoms with E-state index in [0.717, 1.165) is 17.7 Å². The van der Waals surface area contributed by atoms with Gasteiger partial charge in [-0.2, -0.15) is 0 Å². The molecule has 3 aromatic rings. The fourth-order valence-corrected chi connectivity index (χ4v) is 2.28. The smallest absolute Gasteiger partial charge is 0.270 e. The molecule has 1 amide bonds.